The van der Waals surface area contributed by atoms with Crippen molar-refractivity contribution in [1.82, 2.24) is 15.0 Å². The number of hydrogen-bond donors (Lipinski definition) is 2. The highest BCUT2D eigenvalue weighted by atomic mass is 16.3. The van der Waals surface area contributed by atoms with Crippen LogP contribution in [0.4, 0.5) is 17.8 Å². The van der Waals surface area contributed by atoms with Gasteiger partial charge in [-0.3, -0.25) is 0 Å². The molecule has 8 heteroatoms. The highest BCUT2D eigenvalue weighted by Gasteiger charge is 2.50. The van der Waals surface area contributed by atoms with Crippen LogP contribution in [0.25, 0.3) is 0 Å². The van der Waals surface area contributed by atoms with Crippen molar-refractivity contribution >= 4 is 17.8 Å². The molecule has 3 N–H and O–H groups in total. The molecule has 0 amide bonds. The van der Waals surface area contributed by atoms with Crippen LogP contribution >= 0.6 is 0 Å². The van der Waals surface area contributed by atoms with E-state index < -0.39 is 0 Å². The maximum Gasteiger partial charge on any atom is 0.232 e. The normalized spacial score (nSPS) is 28.4. The van der Waals surface area contributed by atoms with Crippen molar-refractivity contribution in [2.24, 2.45) is 5.73 Å². The Hall–Kier alpha value is -1.67. The Balaban J connectivity index is 1.98. The molecule has 0 bridgehead atoms. The molecule has 0 aromatic carbocycles. The van der Waals surface area contributed by atoms with Crippen molar-refractivity contribution in [1.29, 1.82) is 0 Å². The van der Waals surface area contributed by atoms with Gasteiger partial charge in [-0.05, 0) is 128 Å². The van der Waals surface area contributed by atoms with Crippen molar-refractivity contribution in [2.45, 2.75) is 173 Å². The predicted molar refractivity (Wildman–Crippen MR) is 158 cm³/mol. The molecule has 0 atom stereocenters. The number of aliphatic hydroxyl groups is 1. The molecule has 0 aliphatic carbocycles. The lowest BCUT2D eigenvalue weighted by atomic mass is 9.77. The molecule has 216 valence electrons. The first kappa shape index (κ1) is 29.3. The number of piperidine rings is 3. The van der Waals surface area contributed by atoms with Crippen molar-refractivity contribution in [3.63, 3.8) is 0 Å². The molecule has 8 nitrogen and oxygen atoms in total. The monoisotopic (exact) mass is 529 g/mol. The Kier molecular flexibility index (Phi) is 6.88. The first-order valence-electron chi connectivity index (χ1n) is 14.7. The molecule has 3 saturated heterocycles. The smallest absolute Gasteiger partial charge is 0.232 e. The number of nitrogens with zero attached hydrogens (tertiary/aromatic N) is 6. The Morgan fingerprint density at radius 3 is 1.18 bits per heavy atom. The standard InChI is InChI=1S/C30H55N7O/c1-25(2)14-13-15-26(3,4)35(25)22-32-23(36-27(5,6)16-20(31)17-28(36,7)8)34-24(33-22)37-29(9,10)18-21(38)19-30(37,11)12/h20-21,38H,13-19,31H2,1-12H3. The molecular formula is C30H55N7O. The molecule has 3 aliphatic heterocycles. The average molecular weight is 530 g/mol. The Morgan fingerprint density at radius 1 is 0.553 bits per heavy atom. The fraction of sp³-hybridized carbons (Fsp3) is 0.900. The molecule has 3 aliphatic rings. The molecule has 0 unspecified atom stereocenters. The fourth-order valence-electron chi connectivity index (χ4n) is 8.85. The molecule has 1 aromatic heterocycles. The molecule has 3 fully saturated rings. The van der Waals surface area contributed by atoms with Crippen molar-refractivity contribution in [3.8, 4) is 0 Å². The summed E-state index contributed by atoms with van der Waals surface area (Å²) in [6.07, 6.45) is 6.12. The van der Waals surface area contributed by atoms with Gasteiger partial charge in [-0.1, -0.05) is 0 Å². The quantitative estimate of drug-likeness (QED) is 0.536. The SMILES string of the molecule is CC1(C)CCCC(C)(C)N1c1nc(N2C(C)(C)CC(N)CC2(C)C)nc(N2C(C)(C)CC(O)CC2(C)C)n1. The van der Waals surface area contributed by atoms with Gasteiger partial charge in [-0.15, -0.1) is 0 Å². The van der Waals surface area contributed by atoms with Crippen LogP contribution < -0.4 is 20.4 Å². The molecule has 0 spiro atoms. The third kappa shape index (κ3) is 5.12. The van der Waals surface area contributed by atoms with Gasteiger partial charge in [0.15, 0.2) is 0 Å². The van der Waals surface area contributed by atoms with Crippen LogP contribution in [0.1, 0.15) is 128 Å². The third-order valence-electron chi connectivity index (χ3n) is 9.40. The molecule has 0 saturated carbocycles. The largest absolute Gasteiger partial charge is 0.393 e. The highest BCUT2D eigenvalue weighted by molar-refractivity contribution is 5.54. The van der Waals surface area contributed by atoms with Gasteiger partial charge in [0, 0.05) is 39.3 Å². The molecule has 4 rings (SSSR count). The summed E-state index contributed by atoms with van der Waals surface area (Å²) >= 11 is 0. The van der Waals surface area contributed by atoms with Crippen LogP contribution in [0.5, 0.6) is 0 Å². The van der Waals surface area contributed by atoms with Crippen LogP contribution in [0.2, 0.25) is 0 Å². The fourth-order valence-corrected chi connectivity index (χ4v) is 8.85. The van der Waals surface area contributed by atoms with E-state index in [4.69, 9.17) is 20.7 Å². The first-order chi connectivity index (χ1) is 17.1. The number of aromatic nitrogens is 3. The lowest BCUT2D eigenvalue weighted by Crippen LogP contribution is -2.65. The Labute approximate surface area is 231 Å². The summed E-state index contributed by atoms with van der Waals surface area (Å²) in [4.78, 5) is 23.1. The van der Waals surface area contributed by atoms with E-state index in [9.17, 15) is 5.11 Å². The van der Waals surface area contributed by atoms with Gasteiger partial charge in [0.05, 0.1) is 6.10 Å². The maximum absolute atomic E-state index is 10.8. The van der Waals surface area contributed by atoms with Crippen molar-refractivity contribution in [3.05, 3.63) is 0 Å². The lowest BCUT2D eigenvalue weighted by molar-refractivity contribution is 0.0637. The second-order valence-corrected chi connectivity index (χ2v) is 16.2. The predicted octanol–water partition coefficient (Wildman–Crippen LogP) is 5.42. The van der Waals surface area contributed by atoms with E-state index >= 15 is 0 Å². The summed E-state index contributed by atoms with van der Waals surface area (Å²) in [7, 11) is 0. The number of aliphatic hydroxyl groups excluding tert-OH is 1. The number of rotatable bonds is 3. The minimum Gasteiger partial charge on any atom is -0.393 e. The summed E-state index contributed by atoms with van der Waals surface area (Å²) in [5.41, 5.74) is 5.31. The second-order valence-electron chi connectivity index (χ2n) is 16.2. The van der Waals surface area contributed by atoms with E-state index in [0.29, 0.717) is 18.8 Å². The minimum atomic E-state index is -0.349. The summed E-state index contributed by atoms with van der Waals surface area (Å²) in [5, 5.41) is 10.8. The molecule has 1 aromatic rings. The topological polar surface area (TPSA) is 94.6 Å². The van der Waals surface area contributed by atoms with Gasteiger partial charge in [0.2, 0.25) is 17.8 Å². The molecular weight excluding hydrogens is 474 g/mol. The summed E-state index contributed by atoms with van der Waals surface area (Å²) < 4.78 is 0. The second kappa shape index (κ2) is 8.92. The van der Waals surface area contributed by atoms with Gasteiger partial charge in [-0.25, -0.2) is 0 Å². The summed E-state index contributed by atoms with van der Waals surface area (Å²) in [6, 6.07) is 0.137. The number of hydrogen-bond acceptors (Lipinski definition) is 8. The van der Waals surface area contributed by atoms with Crippen LogP contribution in [0.3, 0.4) is 0 Å². The lowest BCUT2D eigenvalue weighted by Gasteiger charge is -2.57. The third-order valence-corrected chi connectivity index (χ3v) is 9.40. The molecule has 0 radical (unpaired) electrons. The molecule has 38 heavy (non-hydrogen) atoms. The zero-order valence-electron chi connectivity index (χ0n) is 26.3. The first-order valence-corrected chi connectivity index (χ1v) is 14.7. The van der Waals surface area contributed by atoms with E-state index in [1.807, 2.05) is 0 Å². The van der Waals surface area contributed by atoms with Crippen LogP contribution in [-0.4, -0.2) is 65.4 Å². The maximum atomic E-state index is 10.8. The zero-order valence-corrected chi connectivity index (χ0v) is 26.3. The summed E-state index contributed by atoms with van der Waals surface area (Å²) in [6.45, 7) is 27.1. The van der Waals surface area contributed by atoms with E-state index in [-0.39, 0.29) is 45.4 Å². The van der Waals surface area contributed by atoms with E-state index in [0.717, 1.165) is 37.6 Å². The van der Waals surface area contributed by atoms with Gasteiger partial charge < -0.3 is 25.5 Å². The highest BCUT2D eigenvalue weighted by Crippen LogP contribution is 2.46. The molecule has 4 heterocycles. The van der Waals surface area contributed by atoms with E-state index in [1.165, 1.54) is 6.42 Å². The van der Waals surface area contributed by atoms with Crippen LogP contribution in [-0.2, 0) is 0 Å². The Morgan fingerprint density at radius 2 is 0.842 bits per heavy atom. The van der Waals surface area contributed by atoms with Gasteiger partial charge >= 0.3 is 0 Å². The number of anilines is 3. The van der Waals surface area contributed by atoms with Gasteiger partial charge in [0.25, 0.3) is 0 Å². The summed E-state index contributed by atoms with van der Waals surface area (Å²) in [5.74, 6) is 2.17. The van der Waals surface area contributed by atoms with Crippen LogP contribution in [0.15, 0.2) is 0 Å². The number of nitrogens with two attached hydrogens (primary N) is 1. The Bertz CT molecular complexity index is 933. The van der Waals surface area contributed by atoms with E-state index in [1.54, 1.807) is 0 Å². The van der Waals surface area contributed by atoms with E-state index in [2.05, 4.69) is 97.8 Å². The van der Waals surface area contributed by atoms with Gasteiger partial charge in [0.1, 0.15) is 0 Å². The van der Waals surface area contributed by atoms with Crippen LogP contribution in [0, 0.1) is 0 Å². The van der Waals surface area contributed by atoms with Crippen molar-refractivity contribution < 1.29 is 5.11 Å². The minimum absolute atomic E-state index is 0.0872. The zero-order chi connectivity index (χ0) is 28.7. The van der Waals surface area contributed by atoms with Crippen molar-refractivity contribution in [2.75, 3.05) is 14.7 Å². The average Bonchev–Trinajstić information content (AvgIpc) is 2.61. The van der Waals surface area contributed by atoms with Gasteiger partial charge in [-0.2, -0.15) is 15.0 Å².